The topological polar surface area (TPSA) is 107 Å². The van der Waals surface area contributed by atoms with Crippen molar-refractivity contribution >= 4 is 29.3 Å². The van der Waals surface area contributed by atoms with Crippen molar-refractivity contribution in [2.45, 2.75) is 51.5 Å². The first-order valence-corrected chi connectivity index (χ1v) is 10.0. The fourth-order valence-corrected chi connectivity index (χ4v) is 4.07. The number of fused-ring (bicyclic) bond motifs is 1. The number of nitrogens with zero attached hydrogens (tertiary/aromatic N) is 2. The van der Waals surface area contributed by atoms with Gasteiger partial charge >= 0.3 is 0 Å². The Morgan fingerprint density at radius 3 is 2.79 bits per heavy atom. The van der Waals surface area contributed by atoms with Crippen molar-refractivity contribution in [1.82, 2.24) is 9.97 Å². The standard InChI is InChI=1S/C21H25N5O3/c1-12-7-3-4-9-15(12)22-19(28)14-11-16(27)23-18-17(14)20(29)25-21(24-18)26-10-6-5-8-13(26)2/h3-4,7,9,13-14H,5-6,8,10-11H2,1-2H3,(H,22,28)(H2,23,24,25,27,29)/t13-,14+/m1/s1. The van der Waals surface area contributed by atoms with Crippen LogP contribution < -0.4 is 21.1 Å². The van der Waals surface area contributed by atoms with E-state index in [0.717, 1.165) is 31.4 Å². The second-order valence-corrected chi connectivity index (χ2v) is 7.80. The maximum atomic E-state index is 12.9. The van der Waals surface area contributed by atoms with Gasteiger partial charge in [-0.3, -0.25) is 19.4 Å². The third kappa shape index (κ3) is 3.74. The molecule has 1 aromatic carbocycles. The zero-order chi connectivity index (χ0) is 20.5. The molecule has 1 saturated heterocycles. The van der Waals surface area contributed by atoms with Gasteiger partial charge in [0, 0.05) is 24.7 Å². The molecule has 152 valence electrons. The fourth-order valence-electron chi connectivity index (χ4n) is 4.07. The summed E-state index contributed by atoms with van der Waals surface area (Å²) in [5.74, 6) is -0.966. The summed E-state index contributed by atoms with van der Waals surface area (Å²) < 4.78 is 0. The summed E-state index contributed by atoms with van der Waals surface area (Å²) in [4.78, 5) is 47.5. The van der Waals surface area contributed by atoms with Gasteiger partial charge in [0.05, 0.1) is 11.5 Å². The quantitative estimate of drug-likeness (QED) is 0.740. The first-order valence-electron chi connectivity index (χ1n) is 10.0. The van der Waals surface area contributed by atoms with Crippen LogP contribution in [-0.4, -0.2) is 34.4 Å². The van der Waals surface area contributed by atoms with E-state index in [4.69, 9.17) is 0 Å². The lowest BCUT2D eigenvalue weighted by molar-refractivity contribution is -0.123. The van der Waals surface area contributed by atoms with Crippen molar-refractivity contribution in [2.75, 3.05) is 22.1 Å². The SMILES string of the molecule is Cc1ccccc1NC(=O)[C@H]1CC(=O)Nc2nc(N3CCCC[C@H]3C)[nH]c(=O)c21. The highest BCUT2D eigenvalue weighted by atomic mass is 16.2. The molecule has 1 fully saturated rings. The van der Waals surface area contributed by atoms with Gasteiger partial charge in [-0.05, 0) is 44.7 Å². The van der Waals surface area contributed by atoms with Crippen LogP contribution in [0.4, 0.5) is 17.5 Å². The minimum absolute atomic E-state index is 0.0884. The minimum atomic E-state index is -0.887. The van der Waals surface area contributed by atoms with Crippen molar-refractivity contribution in [2.24, 2.45) is 0 Å². The molecule has 29 heavy (non-hydrogen) atoms. The van der Waals surface area contributed by atoms with Crippen LogP contribution in [0.2, 0.25) is 0 Å². The van der Waals surface area contributed by atoms with Gasteiger partial charge in [0.2, 0.25) is 17.8 Å². The third-order valence-electron chi connectivity index (χ3n) is 5.73. The fraction of sp³-hybridized carbons (Fsp3) is 0.429. The molecule has 0 spiro atoms. The highest BCUT2D eigenvalue weighted by molar-refractivity contribution is 6.04. The molecule has 0 unspecified atom stereocenters. The maximum absolute atomic E-state index is 12.9. The molecular weight excluding hydrogens is 370 g/mol. The van der Waals surface area contributed by atoms with Crippen molar-refractivity contribution in [3.8, 4) is 0 Å². The predicted octanol–water partition coefficient (Wildman–Crippen LogP) is 2.52. The monoisotopic (exact) mass is 395 g/mol. The Kier molecular flexibility index (Phi) is 5.08. The van der Waals surface area contributed by atoms with E-state index in [2.05, 4.69) is 27.5 Å². The molecule has 1 aromatic heterocycles. The Morgan fingerprint density at radius 2 is 2.03 bits per heavy atom. The number of anilines is 3. The number of rotatable bonds is 3. The number of piperidine rings is 1. The largest absolute Gasteiger partial charge is 0.340 e. The van der Waals surface area contributed by atoms with Gasteiger partial charge in [0.1, 0.15) is 5.82 Å². The summed E-state index contributed by atoms with van der Waals surface area (Å²) in [6.07, 6.45) is 3.10. The summed E-state index contributed by atoms with van der Waals surface area (Å²) >= 11 is 0. The van der Waals surface area contributed by atoms with Gasteiger partial charge in [-0.1, -0.05) is 18.2 Å². The van der Waals surface area contributed by atoms with E-state index in [-0.39, 0.29) is 41.2 Å². The average molecular weight is 395 g/mol. The van der Waals surface area contributed by atoms with E-state index < -0.39 is 5.92 Å². The van der Waals surface area contributed by atoms with Crippen LogP contribution in [0.5, 0.6) is 0 Å². The van der Waals surface area contributed by atoms with E-state index in [1.165, 1.54) is 0 Å². The van der Waals surface area contributed by atoms with Gasteiger partial charge in [-0.15, -0.1) is 0 Å². The van der Waals surface area contributed by atoms with E-state index in [9.17, 15) is 14.4 Å². The zero-order valence-corrected chi connectivity index (χ0v) is 16.6. The molecule has 8 nitrogen and oxygen atoms in total. The number of benzene rings is 1. The Hall–Kier alpha value is -3.16. The molecule has 0 bridgehead atoms. The van der Waals surface area contributed by atoms with Crippen LogP contribution in [0.25, 0.3) is 0 Å². The number of hydrogen-bond donors (Lipinski definition) is 3. The number of amides is 2. The van der Waals surface area contributed by atoms with Gasteiger partial charge in [-0.2, -0.15) is 4.98 Å². The van der Waals surface area contributed by atoms with Gasteiger partial charge in [-0.25, -0.2) is 0 Å². The lowest BCUT2D eigenvalue weighted by Crippen LogP contribution is -2.42. The number of hydrogen-bond acceptors (Lipinski definition) is 5. The number of para-hydroxylation sites is 1. The van der Waals surface area contributed by atoms with Crippen LogP contribution in [0, 0.1) is 6.92 Å². The minimum Gasteiger partial charge on any atom is -0.340 e. The molecule has 0 saturated carbocycles. The Bertz CT molecular complexity index is 1020. The number of aromatic amines is 1. The molecular formula is C21H25N5O3. The lowest BCUT2D eigenvalue weighted by Gasteiger charge is -2.34. The summed E-state index contributed by atoms with van der Waals surface area (Å²) in [6.45, 7) is 4.78. The second kappa shape index (κ2) is 7.69. The average Bonchev–Trinajstić information content (AvgIpc) is 2.69. The first-order chi connectivity index (χ1) is 13.9. The lowest BCUT2D eigenvalue weighted by atomic mass is 9.92. The molecule has 4 rings (SSSR count). The van der Waals surface area contributed by atoms with E-state index >= 15 is 0 Å². The summed E-state index contributed by atoms with van der Waals surface area (Å²) in [7, 11) is 0. The summed E-state index contributed by atoms with van der Waals surface area (Å²) in [5.41, 5.74) is 1.40. The normalized spacial score (nSPS) is 21.3. The van der Waals surface area contributed by atoms with Gasteiger partial charge in [0.15, 0.2) is 0 Å². The number of carbonyl (C=O) groups is 2. The number of H-pyrrole nitrogens is 1. The summed E-state index contributed by atoms with van der Waals surface area (Å²) in [5, 5.41) is 5.52. The van der Waals surface area contributed by atoms with E-state index in [1.54, 1.807) is 6.07 Å². The third-order valence-corrected chi connectivity index (χ3v) is 5.73. The molecule has 0 radical (unpaired) electrons. The number of carbonyl (C=O) groups excluding carboxylic acids is 2. The highest BCUT2D eigenvalue weighted by Crippen LogP contribution is 2.31. The van der Waals surface area contributed by atoms with Gasteiger partial charge in [0.25, 0.3) is 5.56 Å². The first kappa shape index (κ1) is 19.2. The predicted molar refractivity (Wildman–Crippen MR) is 111 cm³/mol. The van der Waals surface area contributed by atoms with Crippen LogP contribution >= 0.6 is 0 Å². The molecule has 0 aliphatic carbocycles. The molecule has 2 atom stereocenters. The number of nitrogens with one attached hydrogen (secondary N) is 3. The van der Waals surface area contributed by atoms with Crippen LogP contribution in [0.1, 0.15) is 49.7 Å². The van der Waals surface area contributed by atoms with Crippen LogP contribution in [0.15, 0.2) is 29.1 Å². The smallest absolute Gasteiger partial charge is 0.258 e. The molecule has 3 heterocycles. The Morgan fingerprint density at radius 1 is 1.24 bits per heavy atom. The van der Waals surface area contributed by atoms with Crippen molar-refractivity contribution < 1.29 is 9.59 Å². The second-order valence-electron chi connectivity index (χ2n) is 7.80. The maximum Gasteiger partial charge on any atom is 0.258 e. The Labute approximate surface area is 168 Å². The Balaban J connectivity index is 1.67. The van der Waals surface area contributed by atoms with Gasteiger partial charge < -0.3 is 15.5 Å². The summed E-state index contributed by atoms with van der Waals surface area (Å²) in [6, 6.07) is 7.64. The molecule has 2 amide bonds. The van der Waals surface area contributed by atoms with E-state index in [0.29, 0.717) is 11.6 Å². The van der Waals surface area contributed by atoms with Crippen molar-refractivity contribution in [3.63, 3.8) is 0 Å². The molecule has 2 aromatic rings. The zero-order valence-electron chi connectivity index (χ0n) is 16.6. The molecule has 2 aliphatic heterocycles. The molecule has 8 heteroatoms. The number of aromatic nitrogens is 2. The number of aryl methyl sites for hydroxylation is 1. The molecule has 2 aliphatic rings. The molecule has 3 N–H and O–H groups in total. The van der Waals surface area contributed by atoms with Crippen LogP contribution in [-0.2, 0) is 9.59 Å². The van der Waals surface area contributed by atoms with Crippen LogP contribution in [0.3, 0.4) is 0 Å². The highest BCUT2D eigenvalue weighted by Gasteiger charge is 2.35. The van der Waals surface area contributed by atoms with Crippen molar-refractivity contribution in [3.05, 3.63) is 45.7 Å². The van der Waals surface area contributed by atoms with Crippen molar-refractivity contribution in [1.29, 1.82) is 0 Å². The van der Waals surface area contributed by atoms with E-state index in [1.807, 2.05) is 30.0 Å².